The van der Waals surface area contributed by atoms with Crippen molar-refractivity contribution in [2.24, 2.45) is 0 Å². The SMILES string of the molecule is CCN1CCN(C(=O)CNC(=O)CCc2ccc(OC)c(OC)c2)CC1. The standard InChI is InChI=1S/C19H29N3O4/c1-4-21-9-11-22(12-10-21)19(24)14-20-18(23)8-6-15-5-7-16(25-2)17(13-15)26-3/h5,7,13H,4,6,8-12,14H2,1-3H3,(H,20,23). The van der Waals surface area contributed by atoms with Crippen LogP contribution >= 0.6 is 0 Å². The predicted octanol–water partition coefficient (Wildman–Crippen LogP) is 0.917. The fourth-order valence-electron chi connectivity index (χ4n) is 2.98. The zero-order valence-corrected chi connectivity index (χ0v) is 15.9. The number of rotatable bonds is 8. The Morgan fingerprint density at radius 2 is 1.77 bits per heavy atom. The van der Waals surface area contributed by atoms with Gasteiger partial charge in [-0.3, -0.25) is 9.59 Å². The Balaban J connectivity index is 1.73. The largest absolute Gasteiger partial charge is 0.493 e. The molecule has 7 nitrogen and oxygen atoms in total. The van der Waals surface area contributed by atoms with Crippen molar-refractivity contribution < 1.29 is 19.1 Å². The van der Waals surface area contributed by atoms with Crippen molar-refractivity contribution in [3.63, 3.8) is 0 Å². The maximum absolute atomic E-state index is 12.2. The number of nitrogens with zero attached hydrogens (tertiary/aromatic N) is 2. The third-order valence-corrected chi connectivity index (χ3v) is 4.70. The average Bonchev–Trinajstić information content (AvgIpc) is 2.70. The van der Waals surface area contributed by atoms with E-state index in [1.807, 2.05) is 23.1 Å². The molecular weight excluding hydrogens is 334 g/mol. The number of hydrogen-bond donors (Lipinski definition) is 1. The number of piperazine rings is 1. The van der Waals surface area contributed by atoms with Crippen LogP contribution in [0.3, 0.4) is 0 Å². The molecule has 144 valence electrons. The van der Waals surface area contributed by atoms with E-state index in [0.29, 0.717) is 24.3 Å². The highest BCUT2D eigenvalue weighted by molar-refractivity contribution is 5.84. The first-order valence-corrected chi connectivity index (χ1v) is 9.05. The smallest absolute Gasteiger partial charge is 0.242 e. The number of likely N-dealkylation sites (N-methyl/N-ethyl adjacent to an activating group) is 1. The molecule has 0 atom stereocenters. The minimum absolute atomic E-state index is 0.0137. The predicted molar refractivity (Wildman–Crippen MR) is 99.6 cm³/mol. The van der Waals surface area contributed by atoms with Crippen molar-refractivity contribution in [2.75, 3.05) is 53.5 Å². The zero-order valence-electron chi connectivity index (χ0n) is 15.9. The Morgan fingerprint density at radius 1 is 1.08 bits per heavy atom. The third kappa shape index (κ3) is 5.62. The minimum atomic E-state index is -0.125. The van der Waals surface area contributed by atoms with Crippen LogP contribution in [-0.2, 0) is 16.0 Å². The molecule has 0 unspecified atom stereocenters. The molecule has 0 aliphatic carbocycles. The Labute approximate surface area is 155 Å². The number of carbonyl (C=O) groups is 2. The fraction of sp³-hybridized carbons (Fsp3) is 0.579. The van der Waals surface area contributed by atoms with Gasteiger partial charge in [0, 0.05) is 32.6 Å². The molecule has 1 saturated heterocycles. The van der Waals surface area contributed by atoms with E-state index in [1.54, 1.807) is 14.2 Å². The van der Waals surface area contributed by atoms with Crippen molar-refractivity contribution in [3.05, 3.63) is 23.8 Å². The van der Waals surface area contributed by atoms with Gasteiger partial charge >= 0.3 is 0 Å². The van der Waals surface area contributed by atoms with Crippen LogP contribution in [0.15, 0.2) is 18.2 Å². The van der Waals surface area contributed by atoms with Crippen LogP contribution in [-0.4, -0.2) is 75.1 Å². The van der Waals surface area contributed by atoms with Gasteiger partial charge in [0.05, 0.1) is 20.8 Å². The fourth-order valence-corrected chi connectivity index (χ4v) is 2.98. The van der Waals surface area contributed by atoms with Crippen LogP contribution < -0.4 is 14.8 Å². The molecule has 1 aliphatic rings. The van der Waals surface area contributed by atoms with E-state index >= 15 is 0 Å². The van der Waals surface area contributed by atoms with E-state index in [0.717, 1.165) is 38.3 Å². The summed E-state index contributed by atoms with van der Waals surface area (Å²) < 4.78 is 10.5. The highest BCUT2D eigenvalue weighted by Gasteiger charge is 2.20. The molecule has 2 amide bonds. The molecule has 0 aromatic heterocycles. The topological polar surface area (TPSA) is 71.1 Å². The van der Waals surface area contributed by atoms with Gasteiger partial charge in [-0.1, -0.05) is 13.0 Å². The van der Waals surface area contributed by atoms with Crippen molar-refractivity contribution in [1.82, 2.24) is 15.1 Å². The first kappa shape index (κ1) is 20.0. The van der Waals surface area contributed by atoms with Crippen LogP contribution in [0, 0.1) is 0 Å². The van der Waals surface area contributed by atoms with Crippen molar-refractivity contribution in [1.29, 1.82) is 0 Å². The number of ether oxygens (including phenoxy) is 2. The summed E-state index contributed by atoms with van der Waals surface area (Å²) >= 11 is 0. The number of nitrogens with one attached hydrogen (secondary N) is 1. The Kier molecular flexibility index (Phi) is 7.72. The quantitative estimate of drug-likeness (QED) is 0.744. The Hall–Kier alpha value is -2.28. The van der Waals surface area contributed by atoms with Crippen LogP contribution in [0.1, 0.15) is 18.9 Å². The van der Waals surface area contributed by atoms with E-state index < -0.39 is 0 Å². The van der Waals surface area contributed by atoms with Crippen molar-refractivity contribution in [3.8, 4) is 11.5 Å². The molecule has 0 spiro atoms. The number of hydrogen-bond acceptors (Lipinski definition) is 5. The number of methoxy groups -OCH3 is 2. The summed E-state index contributed by atoms with van der Waals surface area (Å²) in [5.41, 5.74) is 0.986. The van der Waals surface area contributed by atoms with Gasteiger partial charge in [-0.2, -0.15) is 0 Å². The lowest BCUT2D eigenvalue weighted by Gasteiger charge is -2.34. The minimum Gasteiger partial charge on any atom is -0.493 e. The molecule has 7 heteroatoms. The van der Waals surface area contributed by atoms with Crippen LogP contribution in [0.2, 0.25) is 0 Å². The second kappa shape index (κ2) is 10.0. The maximum Gasteiger partial charge on any atom is 0.242 e. The summed E-state index contributed by atoms with van der Waals surface area (Å²) in [6.45, 7) is 6.45. The molecule has 2 rings (SSSR count). The summed E-state index contributed by atoms with van der Waals surface area (Å²) in [5, 5.41) is 2.73. The zero-order chi connectivity index (χ0) is 18.9. The summed E-state index contributed by atoms with van der Waals surface area (Å²) in [6, 6.07) is 5.60. The molecule has 1 fully saturated rings. The molecular formula is C19H29N3O4. The number of benzene rings is 1. The van der Waals surface area contributed by atoms with Gasteiger partial charge in [-0.15, -0.1) is 0 Å². The second-order valence-corrected chi connectivity index (χ2v) is 6.28. The van der Waals surface area contributed by atoms with Gasteiger partial charge < -0.3 is 24.6 Å². The Bertz CT molecular complexity index is 613. The van der Waals surface area contributed by atoms with E-state index in [9.17, 15) is 9.59 Å². The van der Waals surface area contributed by atoms with E-state index in [4.69, 9.17) is 9.47 Å². The molecule has 0 bridgehead atoms. The van der Waals surface area contributed by atoms with Gasteiger partial charge in [-0.25, -0.2) is 0 Å². The lowest BCUT2D eigenvalue weighted by atomic mass is 10.1. The molecule has 1 aromatic carbocycles. The van der Waals surface area contributed by atoms with E-state index in [1.165, 1.54) is 0 Å². The molecule has 1 N–H and O–H groups in total. The van der Waals surface area contributed by atoms with Crippen LogP contribution in [0.25, 0.3) is 0 Å². The summed E-state index contributed by atoms with van der Waals surface area (Å²) in [6.07, 6.45) is 0.905. The summed E-state index contributed by atoms with van der Waals surface area (Å²) in [4.78, 5) is 28.4. The van der Waals surface area contributed by atoms with Crippen molar-refractivity contribution in [2.45, 2.75) is 19.8 Å². The molecule has 0 saturated carbocycles. The van der Waals surface area contributed by atoms with Gasteiger partial charge in [0.2, 0.25) is 11.8 Å². The highest BCUT2D eigenvalue weighted by atomic mass is 16.5. The Morgan fingerprint density at radius 3 is 2.38 bits per heavy atom. The van der Waals surface area contributed by atoms with Crippen molar-refractivity contribution >= 4 is 11.8 Å². The third-order valence-electron chi connectivity index (χ3n) is 4.70. The van der Waals surface area contributed by atoms with Gasteiger partial charge in [0.15, 0.2) is 11.5 Å². The summed E-state index contributed by atoms with van der Waals surface area (Å²) in [7, 11) is 3.17. The van der Waals surface area contributed by atoms with Gasteiger partial charge in [0.1, 0.15) is 0 Å². The molecule has 26 heavy (non-hydrogen) atoms. The van der Waals surface area contributed by atoms with Crippen LogP contribution in [0.5, 0.6) is 11.5 Å². The summed E-state index contributed by atoms with van der Waals surface area (Å²) in [5.74, 6) is 1.17. The first-order chi connectivity index (χ1) is 12.6. The molecule has 0 radical (unpaired) electrons. The monoisotopic (exact) mass is 363 g/mol. The molecule has 1 aromatic rings. The van der Waals surface area contributed by atoms with E-state index in [-0.39, 0.29) is 18.4 Å². The number of carbonyl (C=O) groups excluding carboxylic acids is 2. The lowest BCUT2D eigenvalue weighted by Crippen LogP contribution is -2.51. The first-order valence-electron chi connectivity index (χ1n) is 9.05. The van der Waals surface area contributed by atoms with Gasteiger partial charge in [-0.05, 0) is 30.7 Å². The van der Waals surface area contributed by atoms with E-state index in [2.05, 4.69) is 17.1 Å². The van der Waals surface area contributed by atoms with Crippen LogP contribution in [0.4, 0.5) is 0 Å². The lowest BCUT2D eigenvalue weighted by molar-refractivity contribution is -0.134. The van der Waals surface area contributed by atoms with Gasteiger partial charge in [0.25, 0.3) is 0 Å². The molecule has 1 heterocycles. The number of aryl methyl sites for hydroxylation is 1. The highest BCUT2D eigenvalue weighted by Crippen LogP contribution is 2.27. The maximum atomic E-state index is 12.2. The normalized spacial score (nSPS) is 14.8. The number of amides is 2. The average molecular weight is 363 g/mol. The second-order valence-electron chi connectivity index (χ2n) is 6.28. The molecule has 1 aliphatic heterocycles.